The van der Waals surface area contributed by atoms with Crippen LogP contribution in [0.25, 0.3) is 0 Å². The van der Waals surface area contributed by atoms with Crippen molar-refractivity contribution in [3.05, 3.63) is 35.9 Å². The fraction of sp³-hybridized carbons (Fsp3) is 0.714. The molecule has 0 aromatic carbocycles. The lowest BCUT2D eigenvalue weighted by Crippen LogP contribution is -2.25. The zero-order chi connectivity index (χ0) is 18.2. The van der Waals surface area contributed by atoms with Gasteiger partial charge in [-0.05, 0) is 41.7 Å². The van der Waals surface area contributed by atoms with Gasteiger partial charge in [0.1, 0.15) is 5.76 Å². The molecule has 0 saturated heterocycles. The summed E-state index contributed by atoms with van der Waals surface area (Å²) in [6.07, 6.45) is 5.39. The Morgan fingerprint density at radius 2 is 1.65 bits per heavy atom. The van der Waals surface area contributed by atoms with Crippen LogP contribution < -0.4 is 0 Å². The van der Waals surface area contributed by atoms with Crippen LogP contribution in [-0.2, 0) is 4.74 Å². The van der Waals surface area contributed by atoms with E-state index in [0.29, 0.717) is 29.4 Å². The van der Waals surface area contributed by atoms with Crippen molar-refractivity contribution in [2.24, 2.45) is 29.6 Å². The monoisotopic (exact) mass is 324 g/mol. The Balaban J connectivity index is 5.89. The molecule has 2 heteroatoms. The summed E-state index contributed by atoms with van der Waals surface area (Å²) in [5.74, 6) is 2.05. The van der Waals surface area contributed by atoms with Gasteiger partial charge in [0, 0.05) is 5.92 Å². The average Bonchev–Trinajstić information content (AvgIpc) is 2.53. The molecular formula is C21H37FO. The van der Waals surface area contributed by atoms with Crippen molar-refractivity contribution in [2.45, 2.75) is 61.3 Å². The maximum atomic E-state index is 14.8. The molecule has 0 radical (unpaired) electrons. The third-order valence-electron chi connectivity index (χ3n) is 5.30. The molecule has 0 aliphatic carbocycles. The maximum Gasteiger partial charge on any atom is 0.161 e. The van der Waals surface area contributed by atoms with Crippen molar-refractivity contribution in [3.63, 3.8) is 0 Å². The first kappa shape index (κ1) is 21.9. The maximum absolute atomic E-state index is 14.8. The smallest absolute Gasteiger partial charge is 0.161 e. The van der Waals surface area contributed by atoms with E-state index in [-0.39, 0.29) is 11.7 Å². The first-order valence-corrected chi connectivity index (χ1v) is 9.02. The van der Waals surface area contributed by atoms with E-state index < -0.39 is 0 Å². The van der Waals surface area contributed by atoms with Crippen molar-refractivity contribution in [3.8, 4) is 0 Å². The number of halogens is 1. The third kappa shape index (κ3) is 6.16. The molecule has 0 rings (SSSR count). The van der Waals surface area contributed by atoms with Gasteiger partial charge in [0.15, 0.2) is 5.83 Å². The largest absolute Gasteiger partial charge is 0.498 e. The fourth-order valence-electron chi connectivity index (χ4n) is 3.05. The fourth-order valence-corrected chi connectivity index (χ4v) is 3.05. The number of hydrogen-bond donors (Lipinski definition) is 0. The number of methoxy groups -OCH3 is 1. The van der Waals surface area contributed by atoms with Crippen LogP contribution in [0.3, 0.4) is 0 Å². The van der Waals surface area contributed by atoms with Crippen molar-refractivity contribution in [1.82, 2.24) is 0 Å². The minimum absolute atomic E-state index is 0.0758. The molecule has 4 atom stereocenters. The third-order valence-corrected chi connectivity index (χ3v) is 5.30. The molecule has 0 spiro atoms. The standard InChI is InChI=1S/C21H37FO/c1-10-15(6)20(17(8)14(4)5)18(12-3)13-19(22)21(23-9)16(7)11-2/h12-17,20H,3,10-11H2,1-2,4-9H3/b18-13+,21-19-. The quantitative estimate of drug-likeness (QED) is 0.313. The summed E-state index contributed by atoms with van der Waals surface area (Å²) in [5.41, 5.74) is 0.982. The summed E-state index contributed by atoms with van der Waals surface area (Å²) in [5, 5.41) is 0. The Morgan fingerprint density at radius 3 is 2.00 bits per heavy atom. The molecule has 0 N–H and O–H groups in total. The number of allylic oxidation sites excluding steroid dienone is 5. The van der Waals surface area contributed by atoms with Gasteiger partial charge < -0.3 is 4.74 Å². The van der Waals surface area contributed by atoms with Gasteiger partial charge in [-0.15, -0.1) is 0 Å². The molecular weight excluding hydrogens is 287 g/mol. The van der Waals surface area contributed by atoms with Crippen LogP contribution in [0.5, 0.6) is 0 Å². The molecule has 0 aromatic rings. The van der Waals surface area contributed by atoms with Crippen LogP contribution in [0.1, 0.15) is 61.3 Å². The average molecular weight is 325 g/mol. The summed E-state index contributed by atoms with van der Waals surface area (Å²) < 4.78 is 20.1. The number of ether oxygens (including phenoxy) is 1. The van der Waals surface area contributed by atoms with Crippen molar-refractivity contribution in [2.75, 3.05) is 7.11 Å². The van der Waals surface area contributed by atoms with E-state index in [1.54, 1.807) is 13.2 Å². The van der Waals surface area contributed by atoms with E-state index in [1.165, 1.54) is 0 Å². The molecule has 0 aromatic heterocycles. The minimum Gasteiger partial charge on any atom is -0.498 e. The van der Waals surface area contributed by atoms with Gasteiger partial charge in [-0.1, -0.05) is 67.5 Å². The molecule has 0 heterocycles. The van der Waals surface area contributed by atoms with E-state index in [1.807, 2.05) is 19.9 Å². The highest BCUT2D eigenvalue weighted by Gasteiger charge is 2.27. The highest BCUT2D eigenvalue weighted by atomic mass is 19.1. The van der Waals surface area contributed by atoms with E-state index >= 15 is 0 Å². The Labute approximate surface area is 143 Å². The molecule has 0 saturated carbocycles. The van der Waals surface area contributed by atoms with Gasteiger partial charge >= 0.3 is 0 Å². The molecule has 0 aliphatic heterocycles. The Kier molecular flexibility index (Phi) is 10.2. The first-order chi connectivity index (χ1) is 10.7. The molecule has 1 nitrogen and oxygen atoms in total. The Hall–Kier alpha value is -1.05. The summed E-state index contributed by atoms with van der Waals surface area (Å²) >= 11 is 0. The minimum atomic E-state index is -0.263. The van der Waals surface area contributed by atoms with Crippen LogP contribution in [0.15, 0.2) is 35.9 Å². The van der Waals surface area contributed by atoms with Crippen LogP contribution >= 0.6 is 0 Å². The lowest BCUT2D eigenvalue weighted by atomic mass is 9.72. The lowest BCUT2D eigenvalue weighted by Gasteiger charge is -2.33. The summed E-state index contributed by atoms with van der Waals surface area (Å²) in [4.78, 5) is 0. The van der Waals surface area contributed by atoms with E-state index in [0.717, 1.165) is 18.4 Å². The summed E-state index contributed by atoms with van der Waals surface area (Å²) in [7, 11) is 1.55. The molecule has 0 aliphatic rings. The zero-order valence-corrected chi connectivity index (χ0v) is 16.4. The second-order valence-electron chi connectivity index (χ2n) is 7.09. The number of rotatable bonds is 10. The van der Waals surface area contributed by atoms with Gasteiger partial charge in [-0.3, -0.25) is 0 Å². The molecule has 4 unspecified atom stereocenters. The second-order valence-corrected chi connectivity index (χ2v) is 7.09. The van der Waals surface area contributed by atoms with Gasteiger partial charge in [0.2, 0.25) is 0 Å². The van der Waals surface area contributed by atoms with Crippen LogP contribution in [-0.4, -0.2) is 7.11 Å². The van der Waals surface area contributed by atoms with E-state index in [4.69, 9.17) is 4.74 Å². The lowest BCUT2D eigenvalue weighted by molar-refractivity contribution is 0.229. The summed E-state index contributed by atoms with van der Waals surface area (Å²) in [6, 6.07) is 0. The van der Waals surface area contributed by atoms with Gasteiger partial charge in [-0.2, -0.15) is 0 Å². The van der Waals surface area contributed by atoms with E-state index in [2.05, 4.69) is 41.2 Å². The first-order valence-electron chi connectivity index (χ1n) is 9.02. The van der Waals surface area contributed by atoms with E-state index in [9.17, 15) is 4.39 Å². The predicted octanol–water partition coefficient (Wildman–Crippen LogP) is 6.93. The predicted molar refractivity (Wildman–Crippen MR) is 99.8 cm³/mol. The Morgan fingerprint density at radius 1 is 1.09 bits per heavy atom. The molecule has 134 valence electrons. The normalized spacial score (nSPS) is 19.0. The molecule has 0 bridgehead atoms. The van der Waals surface area contributed by atoms with Crippen molar-refractivity contribution < 1.29 is 9.13 Å². The van der Waals surface area contributed by atoms with Gasteiger partial charge in [-0.25, -0.2) is 4.39 Å². The highest BCUT2D eigenvalue weighted by molar-refractivity contribution is 5.31. The zero-order valence-electron chi connectivity index (χ0n) is 16.4. The van der Waals surface area contributed by atoms with Crippen LogP contribution in [0, 0.1) is 29.6 Å². The highest BCUT2D eigenvalue weighted by Crippen LogP contribution is 2.36. The number of hydrogen-bond acceptors (Lipinski definition) is 1. The topological polar surface area (TPSA) is 9.23 Å². The second kappa shape index (κ2) is 10.7. The molecule has 23 heavy (non-hydrogen) atoms. The van der Waals surface area contributed by atoms with Gasteiger partial charge in [0.05, 0.1) is 7.11 Å². The Bertz CT molecular complexity index is 420. The SMILES string of the molecule is C=C/C(=C\C(F)=C(\OC)C(C)CC)C(C(C)CC)C(C)C(C)C. The molecule has 0 amide bonds. The van der Waals surface area contributed by atoms with Crippen LogP contribution in [0.4, 0.5) is 4.39 Å². The summed E-state index contributed by atoms with van der Waals surface area (Å²) in [6.45, 7) is 19.1. The van der Waals surface area contributed by atoms with Gasteiger partial charge in [0.25, 0.3) is 0 Å². The van der Waals surface area contributed by atoms with Crippen molar-refractivity contribution >= 4 is 0 Å². The van der Waals surface area contributed by atoms with Crippen molar-refractivity contribution in [1.29, 1.82) is 0 Å². The van der Waals surface area contributed by atoms with Crippen LogP contribution in [0.2, 0.25) is 0 Å². The molecule has 0 fully saturated rings.